The minimum absolute atomic E-state index is 0.108. The zero-order chi connectivity index (χ0) is 13.8. The normalized spacial score (nSPS) is 22.8. The molecule has 2 unspecified atom stereocenters. The van der Waals surface area contributed by atoms with Crippen LogP contribution < -0.4 is 5.32 Å². The van der Waals surface area contributed by atoms with Crippen molar-refractivity contribution in [1.82, 2.24) is 10.3 Å². The molecular weight excluding hydrogens is 268 g/mol. The van der Waals surface area contributed by atoms with Gasteiger partial charge in [-0.15, -0.1) is 0 Å². The second-order valence-electron chi connectivity index (χ2n) is 4.73. The highest BCUT2D eigenvalue weighted by Gasteiger charge is 2.28. The fourth-order valence-electron chi connectivity index (χ4n) is 2.33. The van der Waals surface area contributed by atoms with Gasteiger partial charge in [0.05, 0.1) is 5.92 Å². The predicted octanol–water partition coefficient (Wildman–Crippen LogP) is 2.11. The van der Waals surface area contributed by atoms with Crippen molar-refractivity contribution in [3.05, 3.63) is 29.0 Å². The van der Waals surface area contributed by atoms with Crippen molar-refractivity contribution in [3.63, 3.8) is 0 Å². The van der Waals surface area contributed by atoms with Crippen LogP contribution in [-0.2, 0) is 4.79 Å². The van der Waals surface area contributed by atoms with Gasteiger partial charge in [-0.3, -0.25) is 14.6 Å². The molecule has 6 heteroatoms. The van der Waals surface area contributed by atoms with Crippen LogP contribution in [0.5, 0.6) is 0 Å². The third-order valence-electron chi connectivity index (χ3n) is 3.31. The molecule has 0 bridgehead atoms. The van der Waals surface area contributed by atoms with Gasteiger partial charge in [0.2, 0.25) is 0 Å². The Morgan fingerprint density at radius 1 is 1.42 bits per heavy atom. The summed E-state index contributed by atoms with van der Waals surface area (Å²) in [4.78, 5) is 26.9. The van der Waals surface area contributed by atoms with Crippen molar-refractivity contribution in [2.45, 2.75) is 31.7 Å². The van der Waals surface area contributed by atoms with Crippen molar-refractivity contribution >= 4 is 23.5 Å². The first-order valence-corrected chi connectivity index (χ1v) is 6.59. The van der Waals surface area contributed by atoms with Gasteiger partial charge in [0.1, 0.15) is 5.69 Å². The number of nitrogens with one attached hydrogen (secondary N) is 1. The smallest absolute Gasteiger partial charge is 0.306 e. The van der Waals surface area contributed by atoms with Gasteiger partial charge in [-0.2, -0.15) is 0 Å². The molecule has 102 valence electrons. The molecule has 1 aliphatic rings. The predicted molar refractivity (Wildman–Crippen MR) is 70.1 cm³/mol. The maximum absolute atomic E-state index is 12.0. The third kappa shape index (κ3) is 3.67. The van der Waals surface area contributed by atoms with E-state index >= 15 is 0 Å². The fraction of sp³-hybridized carbons (Fsp3) is 0.462. The summed E-state index contributed by atoms with van der Waals surface area (Å²) in [5.41, 5.74) is 0.255. The number of carboxylic acid groups (broad SMARTS) is 1. The molecule has 19 heavy (non-hydrogen) atoms. The van der Waals surface area contributed by atoms with Gasteiger partial charge in [0.15, 0.2) is 0 Å². The van der Waals surface area contributed by atoms with E-state index in [4.69, 9.17) is 16.7 Å². The SMILES string of the molecule is O=C(NC1CCCC(C(=O)O)C1)c1cc(Cl)ccn1. The molecule has 2 atom stereocenters. The number of carbonyl (C=O) groups excluding carboxylic acids is 1. The molecule has 2 rings (SSSR count). The number of hydrogen-bond acceptors (Lipinski definition) is 3. The summed E-state index contributed by atoms with van der Waals surface area (Å²) in [6.45, 7) is 0. The Hall–Kier alpha value is -1.62. The summed E-state index contributed by atoms with van der Waals surface area (Å²) in [6, 6.07) is 2.98. The Kier molecular flexibility index (Phi) is 4.37. The van der Waals surface area contributed by atoms with Crippen LogP contribution >= 0.6 is 11.6 Å². The highest BCUT2D eigenvalue weighted by atomic mass is 35.5. The lowest BCUT2D eigenvalue weighted by Gasteiger charge is -2.27. The first-order valence-electron chi connectivity index (χ1n) is 6.21. The molecule has 1 saturated carbocycles. The quantitative estimate of drug-likeness (QED) is 0.890. The lowest BCUT2D eigenvalue weighted by molar-refractivity contribution is -0.143. The topological polar surface area (TPSA) is 79.3 Å². The Labute approximate surface area is 116 Å². The van der Waals surface area contributed by atoms with Crippen molar-refractivity contribution in [2.75, 3.05) is 0 Å². The summed E-state index contributed by atoms with van der Waals surface area (Å²) in [7, 11) is 0. The molecule has 1 fully saturated rings. The number of carbonyl (C=O) groups is 2. The second-order valence-corrected chi connectivity index (χ2v) is 5.17. The van der Waals surface area contributed by atoms with Crippen LogP contribution in [-0.4, -0.2) is 28.0 Å². The second kappa shape index (κ2) is 6.02. The van der Waals surface area contributed by atoms with E-state index < -0.39 is 5.97 Å². The first kappa shape index (κ1) is 13.8. The molecule has 1 amide bonds. The standard InChI is InChI=1S/C13H15ClN2O3/c14-9-4-5-15-11(7-9)12(17)16-10-3-1-2-8(6-10)13(18)19/h4-5,7-8,10H,1-3,6H2,(H,16,17)(H,18,19). The zero-order valence-electron chi connectivity index (χ0n) is 10.3. The number of rotatable bonds is 3. The monoisotopic (exact) mass is 282 g/mol. The van der Waals surface area contributed by atoms with E-state index in [-0.39, 0.29) is 23.6 Å². The molecule has 1 aromatic rings. The maximum atomic E-state index is 12.0. The Bertz CT molecular complexity index is 493. The Morgan fingerprint density at radius 2 is 2.21 bits per heavy atom. The van der Waals surface area contributed by atoms with E-state index in [0.29, 0.717) is 17.9 Å². The highest BCUT2D eigenvalue weighted by Crippen LogP contribution is 2.24. The van der Waals surface area contributed by atoms with Gasteiger partial charge in [-0.25, -0.2) is 0 Å². The van der Waals surface area contributed by atoms with Crippen LogP contribution in [0.15, 0.2) is 18.3 Å². The van der Waals surface area contributed by atoms with Crippen molar-refractivity contribution in [3.8, 4) is 0 Å². The maximum Gasteiger partial charge on any atom is 0.306 e. The number of hydrogen-bond donors (Lipinski definition) is 2. The summed E-state index contributed by atoms with van der Waals surface area (Å²) >= 11 is 5.80. The van der Waals surface area contributed by atoms with E-state index in [0.717, 1.165) is 12.8 Å². The molecular formula is C13H15ClN2O3. The molecule has 2 N–H and O–H groups in total. The van der Waals surface area contributed by atoms with Gasteiger partial charge in [0, 0.05) is 17.3 Å². The minimum Gasteiger partial charge on any atom is -0.481 e. The number of aromatic nitrogens is 1. The summed E-state index contributed by atoms with van der Waals surface area (Å²) < 4.78 is 0. The number of aliphatic carboxylic acids is 1. The molecule has 0 radical (unpaired) electrons. The van der Waals surface area contributed by atoms with E-state index in [1.54, 1.807) is 6.07 Å². The van der Waals surface area contributed by atoms with E-state index in [2.05, 4.69) is 10.3 Å². The van der Waals surface area contributed by atoms with Crippen LogP contribution in [0.25, 0.3) is 0 Å². The van der Waals surface area contributed by atoms with Crippen molar-refractivity contribution in [2.24, 2.45) is 5.92 Å². The third-order valence-corrected chi connectivity index (χ3v) is 3.55. The van der Waals surface area contributed by atoms with E-state index in [1.165, 1.54) is 12.3 Å². The number of amides is 1. The average Bonchev–Trinajstić information content (AvgIpc) is 2.39. The molecule has 0 saturated heterocycles. The molecule has 0 spiro atoms. The molecule has 0 aromatic carbocycles. The van der Waals surface area contributed by atoms with Crippen LogP contribution in [0, 0.1) is 5.92 Å². The lowest BCUT2D eigenvalue weighted by atomic mass is 9.86. The zero-order valence-corrected chi connectivity index (χ0v) is 11.1. The van der Waals surface area contributed by atoms with Gasteiger partial charge in [0.25, 0.3) is 5.91 Å². The average molecular weight is 283 g/mol. The van der Waals surface area contributed by atoms with Crippen LogP contribution in [0.2, 0.25) is 5.02 Å². The van der Waals surface area contributed by atoms with E-state index in [1.807, 2.05) is 0 Å². The van der Waals surface area contributed by atoms with Crippen LogP contribution in [0.3, 0.4) is 0 Å². The van der Waals surface area contributed by atoms with Crippen molar-refractivity contribution < 1.29 is 14.7 Å². The number of pyridine rings is 1. The van der Waals surface area contributed by atoms with Crippen LogP contribution in [0.1, 0.15) is 36.2 Å². The van der Waals surface area contributed by atoms with Gasteiger partial charge in [-0.1, -0.05) is 18.0 Å². The minimum atomic E-state index is -0.792. The van der Waals surface area contributed by atoms with Crippen molar-refractivity contribution in [1.29, 1.82) is 0 Å². The summed E-state index contributed by atoms with van der Waals surface area (Å²) in [6.07, 6.45) is 4.23. The molecule has 5 nitrogen and oxygen atoms in total. The molecule has 1 aliphatic carbocycles. The highest BCUT2D eigenvalue weighted by molar-refractivity contribution is 6.30. The molecule has 0 aliphatic heterocycles. The van der Waals surface area contributed by atoms with Gasteiger partial charge in [-0.05, 0) is 31.4 Å². The number of carboxylic acids is 1. The van der Waals surface area contributed by atoms with Crippen LogP contribution in [0.4, 0.5) is 0 Å². The summed E-state index contributed by atoms with van der Waals surface area (Å²) in [5.74, 6) is -1.47. The number of nitrogens with zero attached hydrogens (tertiary/aromatic N) is 1. The van der Waals surface area contributed by atoms with Gasteiger partial charge >= 0.3 is 5.97 Å². The lowest BCUT2D eigenvalue weighted by Crippen LogP contribution is -2.40. The fourth-order valence-corrected chi connectivity index (χ4v) is 2.49. The Morgan fingerprint density at radius 3 is 2.89 bits per heavy atom. The van der Waals surface area contributed by atoms with E-state index in [9.17, 15) is 9.59 Å². The summed E-state index contributed by atoms with van der Waals surface area (Å²) in [5, 5.41) is 12.3. The van der Waals surface area contributed by atoms with Gasteiger partial charge < -0.3 is 10.4 Å². The molecule has 1 aromatic heterocycles. The molecule has 1 heterocycles. The first-order chi connectivity index (χ1) is 9.06. The Balaban J connectivity index is 1.97. The largest absolute Gasteiger partial charge is 0.481 e. The number of halogens is 1.